The number of aromatic nitrogens is 2. The second-order valence-corrected chi connectivity index (χ2v) is 8.45. The predicted octanol–water partition coefficient (Wildman–Crippen LogP) is 3.04. The van der Waals surface area contributed by atoms with Gasteiger partial charge in [0.2, 0.25) is 23.5 Å². The molecule has 9 heteroatoms. The van der Waals surface area contributed by atoms with Gasteiger partial charge in [0.1, 0.15) is 11.5 Å². The highest BCUT2D eigenvalue weighted by Crippen LogP contribution is 2.21. The second-order valence-electron chi connectivity index (χ2n) is 8.45. The number of ether oxygens (including phenoxy) is 2. The third-order valence-electron chi connectivity index (χ3n) is 6.13. The summed E-state index contributed by atoms with van der Waals surface area (Å²) in [7, 11) is 3.22. The van der Waals surface area contributed by atoms with E-state index < -0.39 is 0 Å². The van der Waals surface area contributed by atoms with E-state index in [-0.39, 0.29) is 24.3 Å². The zero-order valence-corrected chi connectivity index (χ0v) is 20.0. The number of rotatable bonds is 9. The number of carbonyl (C=O) groups is 2. The van der Waals surface area contributed by atoms with Crippen molar-refractivity contribution in [1.29, 1.82) is 0 Å². The summed E-state index contributed by atoms with van der Waals surface area (Å²) in [6.07, 6.45) is 2.39. The average molecular weight is 479 g/mol. The van der Waals surface area contributed by atoms with Gasteiger partial charge < -0.3 is 24.2 Å². The van der Waals surface area contributed by atoms with E-state index in [4.69, 9.17) is 14.0 Å². The number of methoxy groups -OCH3 is 2. The number of hydrogen-bond acceptors (Lipinski definition) is 7. The molecular weight excluding hydrogens is 448 g/mol. The lowest BCUT2D eigenvalue weighted by Gasteiger charge is -2.32. The van der Waals surface area contributed by atoms with E-state index in [1.807, 2.05) is 53.4 Å². The second kappa shape index (κ2) is 11.5. The minimum atomic E-state index is -0.0620. The summed E-state index contributed by atoms with van der Waals surface area (Å²) in [5.41, 5.74) is 1.70. The Hall–Kier alpha value is -3.88. The molecule has 1 saturated heterocycles. The maximum atomic E-state index is 12.7. The Bertz CT molecular complexity index is 1140. The first-order valence-corrected chi connectivity index (χ1v) is 11.7. The normalized spacial score (nSPS) is 13.9. The Morgan fingerprint density at radius 1 is 1.06 bits per heavy atom. The van der Waals surface area contributed by atoms with Gasteiger partial charge >= 0.3 is 0 Å². The van der Waals surface area contributed by atoms with Gasteiger partial charge in [-0.3, -0.25) is 9.59 Å². The summed E-state index contributed by atoms with van der Waals surface area (Å²) < 4.78 is 15.8. The molecule has 0 spiro atoms. The molecule has 1 aromatic heterocycles. The number of amides is 2. The Balaban J connectivity index is 1.19. The Morgan fingerprint density at radius 3 is 2.51 bits per heavy atom. The fraction of sp³-hybridized carbons (Fsp3) is 0.385. The van der Waals surface area contributed by atoms with Crippen LogP contribution < -0.4 is 14.8 Å². The molecular formula is C26H30N4O5. The molecule has 1 aliphatic rings. The van der Waals surface area contributed by atoms with Crippen molar-refractivity contribution in [2.45, 2.75) is 38.1 Å². The van der Waals surface area contributed by atoms with Crippen LogP contribution in [-0.4, -0.2) is 60.2 Å². The molecule has 2 heterocycles. The first-order valence-electron chi connectivity index (χ1n) is 11.7. The molecule has 1 fully saturated rings. The lowest BCUT2D eigenvalue weighted by Crippen LogP contribution is -2.47. The van der Waals surface area contributed by atoms with E-state index in [0.717, 1.165) is 35.5 Å². The topological polar surface area (TPSA) is 107 Å². The van der Waals surface area contributed by atoms with Crippen LogP contribution in [0.2, 0.25) is 0 Å². The highest BCUT2D eigenvalue weighted by molar-refractivity contribution is 5.80. The molecule has 2 amide bonds. The van der Waals surface area contributed by atoms with Gasteiger partial charge in [-0.1, -0.05) is 23.4 Å². The fourth-order valence-corrected chi connectivity index (χ4v) is 4.13. The van der Waals surface area contributed by atoms with E-state index in [2.05, 4.69) is 15.5 Å². The summed E-state index contributed by atoms with van der Waals surface area (Å²) in [4.78, 5) is 31.4. The minimum absolute atomic E-state index is 0.0513. The fourth-order valence-electron chi connectivity index (χ4n) is 4.13. The summed E-state index contributed by atoms with van der Waals surface area (Å²) in [6.45, 7) is 1.24. The zero-order valence-electron chi connectivity index (χ0n) is 20.0. The summed E-state index contributed by atoms with van der Waals surface area (Å²) in [5, 5.41) is 7.06. The van der Waals surface area contributed by atoms with Crippen LogP contribution in [0.25, 0.3) is 11.4 Å². The number of nitrogens with one attached hydrogen (secondary N) is 1. The van der Waals surface area contributed by atoms with E-state index >= 15 is 0 Å². The number of aryl methyl sites for hydroxylation is 1. The van der Waals surface area contributed by atoms with Crippen LogP contribution in [0.4, 0.5) is 0 Å². The van der Waals surface area contributed by atoms with Crippen LogP contribution in [0.15, 0.2) is 53.1 Å². The maximum absolute atomic E-state index is 12.7. The quantitative estimate of drug-likeness (QED) is 0.504. The molecule has 0 saturated carbocycles. The SMILES string of the molecule is COc1ccc(-c2noc(CCC(=O)NC3CCN(C(=O)Cc4ccccc4OC)CC3)n2)cc1. The average Bonchev–Trinajstić information content (AvgIpc) is 3.37. The molecule has 3 aromatic rings. The van der Waals surface area contributed by atoms with Crippen LogP contribution in [-0.2, 0) is 22.4 Å². The molecule has 1 N–H and O–H groups in total. The van der Waals surface area contributed by atoms with E-state index in [0.29, 0.717) is 37.6 Å². The van der Waals surface area contributed by atoms with Crippen LogP contribution in [0.1, 0.15) is 30.7 Å². The van der Waals surface area contributed by atoms with E-state index in [1.54, 1.807) is 14.2 Å². The smallest absolute Gasteiger partial charge is 0.227 e. The van der Waals surface area contributed by atoms with Crippen molar-refractivity contribution in [3.05, 3.63) is 60.0 Å². The van der Waals surface area contributed by atoms with Crippen molar-refractivity contribution in [3.8, 4) is 22.9 Å². The lowest BCUT2D eigenvalue weighted by molar-refractivity contribution is -0.131. The van der Waals surface area contributed by atoms with Crippen LogP contribution in [0, 0.1) is 0 Å². The van der Waals surface area contributed by atoms with Gasteiger partial charge in [0.25, 0.3) is 0 Å². The highest BCUT2D eigenvalue weighted by Gasteiger charge is 2.24. The van der Waals surface area contributed by atoms with Gasteiger partial charge in [-0.2, -0.15) is 4.98 Å². The number of piperidine rings is 1. The van der Waals surface area contributed by atoms with E-state index in [9.17, 15) is 9.59 Å². The van der Waals surface area contributed by atoms with Gasteiger partial charge in [-0.05, 0) is 43.2 Å². The third kappa shape index (κ3) is 6.38. The number of likely N-dealkylation sites (tertiary alicyclic amines) is 1. The van der Waals surface area contributed by atoms with Crippen LogP contribution >= 0.6 is 0 Å². The standard InChI is InChI=1S/C26H30N4O5/c1-33-21-9-7-18(8-10-21)26-28-24(35-29-26)12-11-23(31)27-20-13-15-30(16-14-20)25(32)17-19-5-3-4-6-22(19)34-2/h3-10,20H,11-17H2,1-2H3,(H,27,31). The molecule has 0 atom stereocenters. The van der Waals surface area contributed by atoms with Gasteiger partial charge in [-0.15, -0.1) is 0 Å². The Morgan fingerprint density at radius 2 is 1.80 bits per heavy atom. The van der Waals surface area contributed by atoms with Crippen molar-refractivity contribution in [3.63, 3.8) is 0 Å². The Labute approximate surface area is 204 Å². The van der Waals surface area contributed by atoms with Gasteiger partial charge in [0, 0.05) is 43.1 Å². The number of benzene rings is 2. The molecule has 0 aliphatic carbocycles. The summed E-state index contributed by atoms with van der Waals surface area (Å²) in [5.74, 6) is 2.38. The third-order valence-corrected chi connectivity index (χ3v) is 6.13. The predicted molar refractivity (Wildman–Crippen MR) is 129 cm³/mol. The molecule has 0 unspecified atom stereocenters. The highest BCUT2D eigenvalue weighted by atomic mass is 16.5. The molecule has 4 rings (SSSR count). The molecule has 0 radical (unpaired) electrons. The van der Waals surface area contributed by atoms with Gasteiger partial charge in [0.05, 0.1) is 20.6 Å². The van der Waals surface area contributed by atoms with Crippen LogP contribution in [0.5, 0.6) is 11.5 Å². The summed E-state index contributed by atoms with van der Waals surface area (Å²) >= 11 is 0. The first-order chi connectivity index (χ1) is 17.1. The van der Waals surface area contributed by atoms with Crippen molar-refractivity contribution >= 4 is 11.8 Å². The first kappa shape index (κ1) is 24.3. The summed E-state index contributed by atoms with van der Waals surface area (Å²) in [6, 6.07) is 15.0. The van der Waals surface area contributed by atoms with E-state index in [1.165, 1.54) is 0 Å². The van der Waals surface area contributed by atoms with Gasteiger partial charge in [-0.25, -0.2) is 0 Å². The van der Waals surface area contributed by atoms with Crippen molar-refractivity contribution in [2.75, 3.05) is 27.3 Å². The molecule has 2 aromatic carbocycles. The number of hydrogen-bond donors (Lipinski definition) is 1. The number of nitrogens with zero attached hydrogens (tertiary/aromatic N) is 3. The number of para-hydroxylation sites is 1. The molecule has 35 heavy (non-hydrogen) atoms. The van der Waals surface area contributed by atoms with Crippen molar-refractivity contribution in [2.24, 2.45) is 0 Å². The molecule has 0 bridgehead atoms. The number of carbonyl (C=O) groups excluding carboxylic acids is 2. The van der Waals surface area contributed by atoms with Crippen LogP contribution in [0.3, 0.4) is 0 Å². The molecule has 9 nitrogen and oxygen atoms in total. The van der Waals surface area contributed by atoms with Crippen molar-refractivity contribution < 1.29 is 23.6 Å². The van der Waals surface area contributed by atoms with Gasteiger partial charge in [0.15, 0.2) is 0 Å². The maximum Gasteiger partial charge on any atom is 0.227 e. The largest absolute Gasteiger partial charge is 0.497 e. The Kier molecular flexibility index (Phi) is 7.97. The molecule has 184 valence electrons. The monoisotopic (exact) mass is 478 g/mol. The molecule has 1 aliphatic heterocycles. The lowest BCUT2D eigenvalue weighted by atomic mass is 10.0. The minimum Gasteiger partial charge on any atom is -0.497 e. The zero-order chi connectivity index (χ0) is 24.6. The van der Waals surface area contributed by atoms with Crippen molar-refractivity contribution in [1.82, 2.24) is 20.4 Å².